The van der Waals surface area contributed by atoms with E-state index in [1.165, 1.54) is 11.3 Å². The number of hydrogen-bond acceptors (Lipinski definition) is 7. The Kier molecular flexibility index (Phi) is 6.98. The van der Waals surface area contributed by atoms with Crippen molar-refractivity contribution < 1.29 is 4.79 Å². The summed E-state index contributed by atoms with van der Waals surface area (Å²) in [6.45, 7) is 9.38. The number of benzene rings is 1. The normalized spacial score (nSPS) is 11.3. The number of carbonyl (C=O) groups excluding carboxylic acids is 1. The summed E-state index contributed by atoms with van der Waals surface area (Å²) in [5.74, 6) is 0.573. The summed E-state index contributed by atoms with van der Waals surface area (Å²) in [7, 11) is 0. The molecular weight excluding hydrogens is 444 g/mol. The van der Waals surface area contributed by atoms with Crippen LogP contribution in [0.5, 0.6) is 0 Å². The van der Waals surface area contributed by atoms with Gasteiger partial charge in [0.15, 0.2) is 0 Å². The highest BCUT2D eigenvalue weighted by Crippen LogP contribution is 2.26. The molecule has 3 heterocycles. The standard InChI is InChI=1S/C26H28N6OS/c1-18-13-20(22-9-12-29-25(31-22)30-14-19-7-10-27-11-8-19)5-6-21(18)16-32(26(2,3)4)24(33)23-15-28-17-34-23/h5-13,15,17H,14,16H2,1-4H3,(H,29,30,31). The fraction of sp³-hybridized carbons (Fsp3) is 0.269. The fourth-order valence-electron chi connectivity index (χ4n) is 3.56. The molecule has 0 atom stereocenters. The van der Waals surface area contributed by atoms with Gasteiger partial charge in [-0.3, -0.25) is 14.8 Å². The van der Waals surface area contributed by atoms with Crippen molar-refractivity contribution in [3.63, 3.8) is 0 Å². The van der Waals surface area contributed by atoms with Gasteiger partial charge in [0, 0.05) is 42.8 Å². The first-order chi connectivity index (χ1) is 16.3. The molecule has 1 aromatic carbocycles. The summed E-state index contributed by atoms with van der Waals surface area (Å²) < 4.78 is 0. The average molecular weight is 473 g/mol. The average Bonchev–Trinajstić information content (AvgIpc) is 3.37. The molecule has 0 aliphatic carbocycles. The summed E-state index contributed by atoms with van der Waals surface area (Å²) in [5.41, 5.74) is 6.53. The molecule has 4 rings (SSSR count). The van der Waals surface area contributed by atoms with Crippen LogP contribution in [0.3, 0.4) is 0 Å². The van der Waals surface area contributed by atoms with E-state index in [-0.39, 0.29) is 11.4 Å². The highest BCUT2D eigenvalue weighted by molar-refractivity contribution is 7.11. The maximum atomic E-state index is 13.1. The molecule has 0 spiro atoms. The predicted octanol–water partition coefficient (Wildman–Crippen LogP) is 5.36. The Morgan fingerprint density at radius 2 is 1.85 bits per heavy atom. The van der Waals surface area contributed by atoms with Crippen LogP contribution in [0, 0.1) is 6.92 Å². The first-order valence-electron chi connectivity index (χ1n) is 11.1. The molecule has 0 fully saturated rings. The van der Waals surface area contributed by atoms with Gasteiger partial charge in [0.05, 0.1) is 17.4 Å². The van der Waals surface area contributed by atoms with Crippen LogP contribution >= 0.6 is 11.3 Å². The van der Waals surface area contributed by atoms with Gasteiger partial charge < -0.3 is 10.2 Å². The van der Waals surface area contributed by atoms with E-state index in [0.717, 1.165) is 27.9 Å². The van der Waals surface area contributed by atoms with Gasteiger partial charge in [0.2, 0.25) is 5.95 Å². The third-order valence-corrected chi connectivity index (χ3v) is 6.28. The fourth-order valence-corrected chi connectivity index (χ4v) is 4.13. The van der Waals surface area contributed by atoms with Crippen LogP contribution in [0.1, 0.15) is 47.1 Å². The lowest BCUT2D eigenvalue weighted by molar-refractivity contribution is 0.0563. The first kappa shape index (κ1) is 23.5. The minimum atomic E-state index is -0.325. The molecule has 174 valence electrons. The molecule has 0 saturated carbocycles. The van der Waals surface area contributed by atoms with Crippen molar-refractivity contribution in [2.75, 3.05) is 5.32 Å². The molecule has 0 bridgehead atoms. The number of pyridine rings is 1. The quantitative estimate of drug-likeness (QED) is 0.390. The SMILES string of the molecule is Cc1cc(-c2ccnc(NCc3ccncc3)n2)ccc1CN(C(=O)c1cncs1)C(C)(C)C. The lowest BCUT2D eigenvalue weighted by atomic mass is 9.99. The van der Waals surface area contributed by atoms with Gasteiger partial charge in [-0.2, -0.15) is 0 Å². The second-order valence-corrected chi connectivity index (χ2v) is 9.93. The number of amides is 1. The Morgan fingerprint density at radius 1 is 1.06 bits per heavy atom. The van der Waals surface area contributed by atoms with Crippen LogP contribution in [0.25, 0.3) is 11.3 Å². The molecule has 1 amide bonds. The molecule has 0 aliphatic rings. The van der Waals surface area contributed by atoms with Crippen LogP contribution in [0.2, 0.25) is 0 Å². The molecular formula is C26H28N6OS. The van der Waals surface area contributed by atoms with E-state index in [4.69, 9.17) is 0 Å². The summed E-state index contributed by atoms with van der Waals surface area (Å²) >= 11 is 1.37. The molecule has 34 heavy (non-hydrogen) atoms. The van der Waals surface area contributed by atoms with Gasteiger partial charge in [-0.05, 0) is 68.7 Å². The van der Waals surface area contributed by atoms with Crippen LogP contribution in [-0.2, 0) is 13.1 Å². The Labute approximate surface area is 204 Å². The van der Waals surface area contributed by atoms with E-state index in [0.29, 0.717) is 23.9 Å². The number of carbonyl (C=O) groups is 1. The maximum absolute atomic E-state index is 13.1. The lowest BCUT2D eigenvalue weighted by Crippen LogP contribution is -2.44. The Morgan fingerprint density at radius 3 is 2.53 bits per heavy atom. The van der Waals surface area contributed by atoms with E-state index in [2.05, 4.69) is 71.1 Å². The van der Waals surface area contributed by atoms with Gasteiger partial charge in [-0.15, -0.1) is 11.3 Å². The molecule has 0 saturated heterocycles. The van der Waals surface area contributed by atoms with E-state index >= 15 is 0 Å². The molecule has 0 unspecified atom stereocenters. The summed E-state index contributed by atoms with van der Waals surface area (Å²) in [6.07, 6.45) is 6.93. The molecule has 0 aliphatic heterocycles. The second-order valence-electron chi connectivity index (χ2n) is 9.04. The summed E-state index contributed by atoms with van der Waals surface area (Å²) in [5, 5.41) is 3.27. The molecule has 8 heteroatoms. The van der Waals surface area contributed by atoms with Crippen molar-refractivity contribution in [1.29, 1.82) is 0 Å². The van der Waals surface area contributed by atoms with E-state index < -0.39 is 0 Å². The van der Waals surface area contributed by atoms with Gasteiger partial charge in [-0.25, -0.2) is 9.97 Å². The topological polar surface area (TPSA) is 83.9 Å². The molecule has 0 radical (unpaired) electrons. The van der Waals surface area contributed by atoms with Crippen LogP contribution < -0.4 is 5.32 Å². The maximum Gasteiger partial charge on any atom is 0.266 e. The second kappa shape index (κ2) is 10.1. The third-order valence-electron chi connectivity index (χ3n) is 5.52. The highest BCUT2D eigenvalue weighted by Gasteiger charge is 2.28. The number of rotatable bonds is 7. The number of aryl methyl sites for hydroxylation is 1. The molecule has 7 nitrogen and oxygen atoms in total. The monoisotopic (exact) mass is 472 g/mol. The Bertz CT molecular complexity index is 1250. The van der Waals surface area contributed by atoms with Crippen LogP contribution in [-0.4, -0.2) is 36.3 Å². The van der Waals surface area contributed by atoms with Gasteiger partial charge in [0.25, 0.3) is 5.91 Å². The minimum Gasteiger partial charge on any atom is -0.350 e. The van der Waals surface area contributed by atoms with Gasteiger partial charge >= 0.3 is 0 Å². The van der Waals surface area contributed by atoms with E-state index in [9.17, 15) is 4.79 Å². The first-order valence-corrected chi connectivity index (χ1v) is 12.0. The zero-order valence-corrected chi connectivity index (χ0v) is 20.6. The van der Waals surface area contributed by atoms with Crippen molar-refractivity contribution in [3.05, 3.63) is 88.3 Å². The number of thiazole rings is 1. The van der Waals surface area contributed by atoms with Crippen LogP contribution in [0.4, 0.5) is 5.95 Å². The van der Waals surface area contributed by atoms with Crippen molar-refractivity contribution in [1.82, 2.24) is 24.8 Å². The van der Waals surface area contributed by atoms with Crippen molar-refractivity contribution in [2.24, 2.45) is 0 Å². The summed E-state index contributed by atoms with van der Waals surface area (Å²) in [4.78, 5) is 32.8. The highest BCUT2D eigenvalue weighted by atomic mass is 32.1. The zero-order chi connectivity index (χ0) is 24.1. The molecule has 3 aromatic heterocycles. The number of aromatic nitrogens is 4. The zero-order valence-electron chi connectivity index (χ0n) is 19.8. The predicted molar refractivity (Wildman–Crippen MR) is 136 cm³/mol. The van der Waals surface area contributed by atoms with E-state index in [1.807, 2.05) is 23.1 Å². The van der Waals surface area contributed by atoms with Gasteiger partial charge in [0.1, 0.15) is 4.88 Å². The number of hydrogen-bond donors (Lipinski definition) is 1. The Balaban J connectivity index is 1.52. The van der Waals surface area contributed by atoms with Gasteiger partial charge in [-0.1, -0.05) is 12.1 Å². The van der Waals surface area contributed by atoms with Crippen molar-refractivity contribution in [3.8, 4) is 11.3 Å². The molecule has 4 aromatic rings. The number of nitrogens with one attached hydrogen (secondary N) is 1. The smallest absolute Gasteiger partial charge is 0.266 e. The van der Waals surface area contributed by atoms with Crippen molar-refractivity contribution >= 4 is 23.2 Å². The third kappa shape index (κ3) is 5.63. The lowest BCUT2D eigenvalue weighted by Gasteiger charge is -2.36. The van der Waals surface area contributed by atoms with E-state index in [1.54, 1.807) is 30.3 Å². The minimum absolute atomic E-state index is 0.000750. The number of nitrogens with zero attached hydrogens (tertiary/aromatic N) is 5. The largest absolute Gasteiger partial charge is 0.350 e. The number of anilines is 1. The molecule has 1 N–H and O–H groups in total. The van der Waals surface area contributed by atoms with Crippen LogP contribution in [0.15, 0.2) is 66.7 Å². The summed E-state index contributed by atoms with van der Waals surface area (Å²) in [6, 6.07) is 12.1. The van der Waals surface area contributed by atoms with Crippen molar-refractivity contribution in [2.45, 2.75) is 46.3 Å². The Hall–Kier alpha value is -3.65.